The van der Waals surface area contributed by atoms with E-state index >= 15 is 0 Å². The smallest absolute Gasteiger partial charge is 0.483 e. The molecule has 2 aliphatic heterocycles. The lowest BCUT2D eigenvalue weighted by atomic mass is 10.1. The van der Waals surface area contributed by atoms with E-state index in [4.69, 9.17) is 9.90 Å². The van der Waals surface area contributed by atoms with Crippen LogP contribution in [0.25, 0.3) is 10.9 Å². The number of piperazine rings is 1. The van der Waals surface area contributed by atoms with Gasteiger partial charge < -0.3 is 14.7 Å². The molecule has 2 bridgehead atoms. The number of likely N-dealkylation sites (N-methyl/N-ethyl adjacent to an activating group) is 1. The van der Waals surface area contributed by atoms with Crippen molar-refractivity contribution in [1.29, 1.82) is 0 Å². The van der Waals surface area contributed by atoms with Crippen LogP contribution in [0, 0.1) is 0 Å². The Morgan fingerprint density at radius 2 is 2.07 bits per heavy atom. The van der Waals surface area contributed by atoms with Gasteiger partial charge in [-0.3, -0.25) is 19.6 Å². The molecule has 2 fully saturated rings. The van der Waals surface area contributed by atoms with Crippen molar-refractivity contribution in [2.75, 3.05) is 20.1 Å². The predicted octanol–water partition coefficient (Wildman–Crippen LogP) is 1.69. The summed E-state index contributed by atoms with van der Waals surface area (Å²) in [6.45, 7) is 1.17. The largest absolute Gasteiger partial charge is 0.573 e. The number of hydrogen-bond donors (Lipinski definition) is 2. The van der Waals surface area contributed by atoms with Gasteiger partial charge in [-0.25, -0.2) is 0 Å². The number of benzene rings is 1. The van der Waals surface area contributed by atoms with Gasteiger partial charge in [-0.2, -0.15) is 5.10 Å². The molecule has 0 spiro atoms. The maximum atomic E-state index is 12.8. The summed E-state index contributed by atoms with van der Waals surface area (Å²) >= 11 is 0. The summed E-state index contributed by atoms with van der Waals surface area (Å²) in [5, 5.41) is 13.7. The van der Waals surface area contributed by atoms with Gasteiger partial charge in [0.15, 0.2) is 11.4 Å². The average Bonchev–Trinajstić information content (AvgIpc) is 3.27. The van der Waals surface area contributed by atoms with Gasteiger partial charge in [0, 0.05) is 30.6 Å². The molecule has 2 saturated heterocycles. The molecule has 2 atom stereocenters. The molecule has 8 nitrogen and oxygen atoms in total. The van der Waals surface area contributed by atoms with E-state index < -0.39 is 12.1 Å². The molecule has 0 unspecified atom stereocenters. The summed E-state index contributed by atoms with van der Waals surface area (Å²) in [4.78, 5) is 25.1. The van der Waals surface area contributed by atoms with Crippen molar-refractivity contribution in [3.05, 3.63) is 23.9 Å². The molecule has 0 aliphatic carbocycles. The van der Waals surface area contributed by atoms with E-state index in [1.807, 2.05) is 7.05 Å². The molecule has 2 N–H and O–H groups in total. The van der Waals surface area contributed by atoms with E-state index in [2.05, 4.69) is 19.8 Å². The number of para-hydroxylation sites is 1. The Kier molecular flexibility index (Phi) is 4.96. The first kappa shape index (κ1) is 19.0. The number of rotatable bonds is 2. The Bertz CT molecular complexity index is 852. The molecule has 1 amide bonds. The Morgan fingerprint density at radius 3 is 2.63 bits per heavy atom. The Balaban J connectivity index is 0.000000659. The van der Waals surface area contributed by atoms with Gasteiger partial charge in [-0.05, 0) is 19.5 Å². The monoisotopic (exact) mass is 386 g/mol. The quantitative estimate of drug-likeness (QED) is 0.763. The predicted molar refractivity (Wildman–Crippen MR) is 87.3 cm³/mol. The van der Waals surface area contributed by atoms with Crippen molar-refractivity contribution in [1.82, 2.24) is 20.0 Å². The molecule has 1 aromatic carbocycles. The number of aromatic amines is 1. The first-order chi connectivity index (χ1) is 12.7. The van der Waals surface area contributed by atoms with Crippen LogP contribution in [0.2, 0.25) is 0 Å². The summed E-state index contributed by atoms with van der Waals surface area (Å²) in [6.07, 6.45) is -3.88. The fourth-order valence-electron chi connectivity index (χ4n) is 3.64. The number of carboxylic acid groups (broad SMARTS) is 1. The average molecular weight is 386 g/mol. The highest BCUT2D eigenvalue weighted by Gasteiger charge is 2.44. The van der Waals surface area contributed by atoms with Crippen LogP contribution >= 0.6 is 0 Å². The Hall–Kier alpha value is -2.82. The van der Waals surface area contributed by atoms with Crippen LogP contribution in [0.15, 0.2) is 18.2 Å². The minimum Gasteiger partial charge on any atom is -0.483 e. The van der Waals surface area contributed by atoms with Crippen molar-refractivity contribution >= 4 is 23.3 Å². The van der Waals surface area contributed by atoms with Gasteiger partial charge in [0.25, 0.3) is 12.4 Å². The number of amides is 1. The highest BCUT2D eigenvalue weighted by molar-refractivity contribution is 6.06. The molecule has 0 saturated carbocycles. The second kappa shape index (κ2) is 7.06. The Labute approximate surface area is 151 Å². The van der Waals surface area contributed by atoms with Crippen molar-refractivity contribution in [3.8, 4) is 5.75 Å². The van der Waals surface area contributed by atoms with E-state index in [-0.39, 0.29) is 29.6 Å². The molecule has 1 aromatic heterocycles. The minimum absolute atomic E-state index is 0.0691. The minimum atomic E-state index is -4.80. The highest BCUT2D eigenvalue weighted by atomic mass is 19.4. The van der Waals surface area contributed by atoms with Gasteiger partial charge >= 0.3 is 6.36 Å². The van der Waals surface area contributed by atoms with E-state index in [1.54, 1.807) is 11.0 Å². The number of H-pyrrole nitrogens is 1. The molecule has 3 heterocycles. The van der Waals surface area contributed by atoms with Crippen LogP contribution in [0.1, 0.15) is 16.9 Å². The van der Waals surface area contributed by atoms with Gasteiger partial charge in [-0.15, -0.1) is 13.2 Å². The summed E-state index contributed by atoms with van der Waals surface area (Å²) in [7, 11) is 2.02. The van der Waals surface area contributed by atoms with Crippen LogP contribution in [0.5, 0.6) is 5.75 Å². The van der Waals surface area contributed by atoms with E-state index in [0.717, 1.165) is 13.0 Å². The van der Waals surface area contributed by atoms with Crippen LogP contribution < -0.4 is 4.74 Å². The third-order valence-electron chi connectivity index (χ3n) is 4.76. The number of carbonyl (C=O) groups is 2. The number of nitrogens with one attached hydrogen (secondary N) is 1. The molecule has 146 valence electrons. The highest BCUT2D eigenvalue weighted by Crippen LogP contribution is 2.34. The summed E-state index contributed by atoms with van der Waals surface area (Å²) in [5.74, 6) is -0.653. The number of halogens is 3. The molecule has 2 aromatic rings. The fourth-order valence-corrected chi connectivity index (χ4v) is 3.64. The lowest BCUT2D eigenvalue weighted by Gasteiger charge is -2.31. The van der Waals surface area contributed by atoms with E-state index in [9.17, 15) is 18.0 Å². The van der Waals surface area contributed by atoms with Gasteiger partial charge in [0.2, 0.25) is 0 Å². The molecular weight excluding hydrogens is 369 g/mol. The van der Waals surface area contributed by atoms with Crippen molar-refractivity contribution in [3.63, 3.8) is 0 Å². The topological polar surface area (TPSA) is 98.8 Å². The SMILES string of the molecule is CN1C[C@@H]2C[C@H]1CN2C(=O)c1n[nH]c2c(OC(F)(F)F)cccc12.O=CO. The molecule has 27 heavy (non-hydrogen) atoms. The normalized spacial score (nSPS) is 21.9. The van der Waals surface area contributed by atoms with Crippen molar-refractivity contribution < 1.29 is 32.6 Å². The first-order valence-corrected chi connectivity index (χ1v) is 8.07. The lowest BCUT2D eigenvalue weighted by molar-refractivity contribution is -0.274. The van der Waals surface area contributed by atoms with Gasteiger partial charge in [0.1, 0.15) is 5.52 Å². The summed E-state index contributed by atoms with van der Waals surface area (Å²) < 4.78 is 41.4. The van der Waals surface area contributed by atoms with E-state index in [0.29, 0.717) is 18.0 Å². The van der Waals surface area contributed by atoms with E-state index in [1.165, 1.54) is 12.1 Å². The van der Waals surface area contributed by atoms with Gasteiger partial charge in [-0.1, -0.05) is 12.1 Å². The third-order valence-corrected chi connectivity index (χ3v) is 4.76. The maximum absolute atomic E-state index is 12.8. The van der Waals surface area contributed by atoms with Crippen molar-refractivity contribution in [2.24, 2.45) is 0 Å². The van der Waals surface area contributed by atoms with Gasteiger partial charge in [0.05, 0.1) is 0 Å². The number of aromatic nitrogens is 2. The second-order valence-electron chi connectivity index (χ2n) is 6.34. The second-order valence-corrected chi connectivity index (χ2v) is 6.34. The molecule has 0 radical (unpaired) electrons. The summed E-state index contributed by atoms with van der Waals surface area (Å²) in [6, 6.07) is 4.65. The maximum Gasteiger partial charge on any atom is 0.573 e. The number of likely N-dealkylation sites (tertiary alicyclic amines) is 2. The van der Waals surface area contributed by atoms with Crippen molar-refractivity contribution in [2.45, 2.75) is 24.9 Å². The number of carbonyl (C=O) groups excluding carboxylic acids is 1. The fraction of sp³-hybridized carbons (Fsp3) is 0.438. The molecule has 11 heteroatoms. The lowest BCUT2D eigenvalue weighted by Crippen LogP contribution is -2.47. The molecular formula is C16H17F3N4O4. The van der Waals surface area contributed by atoms with Crippen LogP contribution in [-0.2, 0) is 4.79 Å². The summed E-state index contributed by atoms with van der Waals surface area (Å²) in [5.41, 5.74) is 0.201. The zero-order chi connectivity index (χ0) is 19.8. The first-order valence-electron chi connectivity index (χ1n) is 8.07. The standard InChI is InChI=1S/C15H15F3N4O2.CH2O2/c1-21-6-9-5-8(21)7-22(9)14(23)13-10-3-2-4-11(12(10)19-20-13)24-15(16,17)18;2-1-3/h2-4,8-9H,5-7H2,1H3,(H,19,20);1H,(H,2,3)/t8-,9-;/m0./s1. The number of ether oxygens (including phenoxy) is 1. The van der Waals surface area contributed by atoms with Crippen LogP contribution in [0.3, 0.4) is 0 Å². The number of nitrogens with zero attached hydrogens (tertiary/aromatic N) is 3. The number of hydrogen-bond acceptors (Lipinski definition) is 5. The van der Waals surface area contributed by atoms with Crippen LogP contribution in [-0.4, -0.2) is 76.1 Å². The third kappa shape index (κ3) is 3.68. The Morgan fingerprint density at radius 1 is 1.37 bits per heavy atom. The zero-order valence-corrected chi connectivity index (χ0v) is 14.2. The number of alkyl halides is 3. The zero-order valence-electron chi connectivity index (χ0n) is 14.2. The number of fused-ring (bicyclic) bond motifs is 3. The molecule has 2 aliphatic rings. The molecule has 4 rings (SSSR count). The van der Waals surface area contributed by atoms with Crippen LogP contribution in [0.4, 0.5) is 13.2 Å².